The molecule has 0 amide bonds. The van der Waals surface area contributed by atoms with Crippen molar-refractivity contribution in [1.29, 1.82) is 0 Å². The van der Waals surface area contributed by atoms with E-state index in [1.807, 2.05) is 0 Å². The maximum Gasteiger partial charge on any atom is 0.335 e. The Bertz CT molecular complexity index is 1410. The highest BCUT2D eigenvalue weighted by Gasteiger charge is 2.50. The summed E-state index contributed by atoms with van der Waals surface area (Å²) in [6, 6.07) is 0. The first-order valence-corrected chi connectivity index (χ1v) is 30.0. The van der Waals surface area contributed by atoms with Gasteiger partial charge in [0, 0.05) is 19.3 Å². The Labute approximate surface area is 444 Å². The third kappa shape index (κ3) is 39.9. The molecule has 1 aliphatic heterocycles. The van der Waals surface area contributed by atoms with Gasteiger partial charge in [-0.1, -0.05) is 198 Å². The first-order chi connectivity index (χ1) is 35.6. The van der Waals surface area contributed by atoms with Gasteiger partial charge in [-0.15, -0.1) is 0 Å². The van der Waals surface area contributed by atoms with Crippen molar-refractivity contribution >= 4 is 23.9 Å². The lowest BCUT2D eigenvalue weighted by molar-refractivity contribution is -0.301. The predicted molar refractivity (Wildman–Crippen MR) is 294 cm³/mol. The van der Waals surface area contributed by atoms with Crippen molar-refractivity contribution in [3.63, 3.8) is 0 Å². The van der Waals surface area contributed by atoms with Crippen molar-refractivity contribution in [1.82, 2.24) is 0 Å². The number of carboxylic acid groups (broad SMARTS) is 1. The summed E-state index contributed by atoms with van der Waals surface area (Å²) in [7, 11) is 0. The number of ether oxygens (including phenoxy) is 5. The number of aliphatic hydroxyl groups excluding tert-OH is 2. The lowest BCUT2D eigenvalue weighted by Gasteiger charge is -2.40. The molecule has 0 bridgehead atoms. The number of carbonyl (C=O) groups is 4. The average Bonchev–Trinajstić information content (AvgIpc) is 3.37. The first kappa shape index (κ1) is 68.0. The normalized spacial score (nSPS) is 18.5. The van der Waals surface area contributed by atoms with Gasteiger partial charge in [0.25, 0.3) is 0 Å². The largest absolute Gasteiger partial charge is 0.479 e. The first-order valence-electron chi connectivity index (χ1n) is 30.0. The second-order valence-corrected chi connectivity index (χ2v) is 20.6. The van der Waals surface area contributed by atoms with Crippen LogP contribution in [0.2, 0.25) is 0 Å². The van der Waals surface area contributed by atoms with Crippen LogP contribution in [0.15, 0.2) is 36.5 Å². The number of unbranched alkanes of at least 4 members (excludes halogenated alkanes) is 31. The molecular formula is C61H108O12. The van der Waals surface area contributed by atoms with Gasteiger partial charge in [0.1, 0.15) is 18.8 Å². The van der Waals surface area contributed by atoms with E-state index in [-0.39, 0.29) is 25.9 Å². The molecule has 0 radical (unpaired) electrons. The van der Waals surface area contributed by atoms with Gasteiger partial charge in [0.15, 0.2) is 24.6 Å². The zero-order valence-electron chi connectivity index (χ0n) is 46.6. The number of carboxylic acids is 1. The van der Waals surface area contributed by atoms with Crippen LogP contribution < -0.4 is 0 Å². The topological polar surface area (TPSA) is 175 Å². The van der Waals surface area contributed by atoms with Gasteiger partial charge in [-0.25, -0.2) is 4.79 Å². The highest BCUT2D eigenvalue weighted by atomic mass is 16.7. The molecule has 1 heterocycles. The fourth-order valence-electron chi connectivity index (χ4n) is 9.00. The van der Waals surface area contributed by atoms with Crippen LogP contribution in [0.3, 0.4) is 0 Å². The molecule has 0 aromatic carbocycles. The van der Waals surface area contributed by atoms with Crippen LogP contribution in [-0.4, -0.2) is 89.2 Å². The summed E-state index contributed by atoms with van der Waals surface area (Å²) in [4.78, 5) is 51.1. The van der Waals surface area contributed by atoms with E-state index >= 15 is 0 Å². The number of hydrogen-bond donors (Lipinski definition) is 3. The SMILES string of the molecule is CCCCCC/C=C\CCCCCCCC(=O)OCC(COC1OC(C(=O)O)C(O)C(O)C1OC(=O)CCCCCCCCC/C=C\CCCCCCCC)OC(=O)CCCCCCC/C=C\CCCCCC. The molecule has 12 heteroatoms. The average molecular weight is 1030 g/mol. The van der Waals surface area contributed by atoms with E-state index in [9.17, 15) is 34.5 Å². The molecule has 1 rings (SSSR count). The quantitative estimate of drug-likeness (QED) is 0.0228. The lowest BCUT2D eigenvalue weighted by Crippen LogP contribution is -2.61. The number of carbonyl (C=O) groups excluding carboxylic acids is 3. The van der Waals surface area contributed by atoms with Gasteiger partial charge in [-0.3, -0.25) is 14.4 Å². The summed E-state index contributed by atoms with van der Waals surface area (Å²) >= 11 is 0. The molecule has 1 saturated heterocycles. The smallest absolute Gasteiger partial charge is 0.335 e. The Kier molecular flexibility index (Phi) is 46.4. The summed E-state index contributed by atoms with van der Waals surface area (Å²) in [5.74, 6) is -3.13. The zero-order valence-corrected chi connectivity index (χ0v) is 46.6. The number of aliphatic carboxylic acids is 1. The second-order valence-electron chi connectivity index (χ2n) is 20.6. The summed E-state index contributed by atoms with van der Waals surface area (Å²) in [6.07, 6.45) is 45.4. The molecule has 0 aromatic heterocycles. The summed E-state index contributed by atoms with van der Waals surface area (Å²) in [5, 5.41) is 31.5. The van der Waals surface area contributed by atoms with Crippen LogP contribution in [0.4, 0.5) is 0 Å². The van der Waals surface area contributed by atoms with Crippen LogP contribution in [0.5, 0.6) is 0 Å². The zero-order chi connectivity index (χ0) is 53.3. The summed E-state index contributed by atoms with van der Waals surface area (Å²) in [5.41, 5.74) is 0. The minimum absolute atomic E-state index is 0.0564. The molecule has 1 aliphatic rings. The van der Waals surface area contributed by atoms with E-state index in [1.165, 1.54) is 109 Å². The Hall–Kier alpha value is -3.06. The van der Waals surface area contributed by atoms with E-state index in [0.717, 1.165) is 109 Å². The van der Waals surface area contributed by atoms with Crippen LogP contribution in [0.1, 0.15) is 278 Å². The number of allylic oxidation sites excluding steroid dienone is 6. The molecule has 0 aromatic rings. The number of rotatable bonds is 51. The van der Waals surface area contributed by atoms with Crippen LogP contribution in [-0.2, 0) is 42.9 Å². The standard InChI is InChI=1S/C61H108O12/c1-4-7-10-13-16-19-22-25-26-27-28-31-34-37-40-43-46-49-55(64)72-59-57(66)56(65)58(60(67)68)73-61(59)70-51-52(71-54(63)48-45-42-39-36-33-30-24-21-18-15-12-9-6-3)50-69-53(62)47-44-41-38-35-32-29-23-20-17-14-11-8-5-2/h20-21,23-26,52,56-59,61,65-66H,4-19,22,27-51H2,1-3H3,(H,67,68)/b23-20-,24-21-,26-25-. The van der Waals surface area contributed by atoms with Gasteiger partial charge in [-0.05, 0) is 96.3 Å². The Morgan fingerprint density at radius 2 is 0.781 bits per heavy atom. The number of hydrogen-bond acceptors (Lipinski definition) is 11. The Balaban J connectivity index is 2.68. The van der Waals surface area contributed by atoms with E-state index in [4.69, 9.17) is 23.7 Å². The maximum absolute atomic E-state index is 13.1. The van der Waals surface area contributed by atoms with Crippen LogP contribution >= 0.6 is 0 Å². The van der Waals surface area contributed by atoms with Gasteiger partial charge >= 0.3 is 23.9 Å². The fourth-order valence-corrected chi connectivity index (χ4v) is 9.00. The monoisotopic (exact) mass is 1030 g/mol. The van der Waals surface area contributed by atoms with E-state index in [0.29, 0.717) is 19.3 Å². The van der Waals surface area contributed by atoms with Crippen LogP contribution in [0, 0.1) is 0 Å². The highest BCUT2D eigenvalue weighted by molar-refractivity contribution is 5.74. The molecule has 6 atom stereocenters. The number of esters is 3. The molecular weight excluding hydrogens is 925 g/mol. The molecule has 1 fully saturated rings. The van der Waals surface area contributed by atoms with E-state index in [2.05, 4.69) is 57.2 Å². The maximum atomic E-state index is 13.1. The second kappa shape index (κ2) is 49.8. The van der Waals surface area contributed by atoms with Gasteiger partial charge in [0.05, 0.1) is 6.61 Å². The molecule has 73 heavy (non-hydrogen) atoms. The highest BCUT2D eigenvalue weighted by Crippen LogP contribution is 2.26. The van der Waals surface area contributed by atoms with Crippen molar-refractivity contribution in [2.24, 2.45) is 0 Å². The third-order valence-electron chi connectivity index (χ3n) is 13.7. The van der Waals surface area contributed by atoms with Crippen molar-refractivity contribution in [3.8, 4) is 0 Å². The summed E-state index contributed by atoms with van der Waals surface area (Å²) in [6.45, 7) is 5.96. The van der Waals surface area contributed by atoms with Crippen molar-refractivity contribution < 1.29 is 58.2 Å². The van der Waals surface area contributed by atoms with Crippen molar-refractivity contribution in [2.75, 3.05) is 13.2 Å². The Morgan fingerprint density at radius 1 is 0.438 bits per heavy atom. The van der Waals surface area contributed by atoms with Crippen molar-refractivity contribution in [3.05, 3.63) is 36.5 Å². The predicted octanol–water partition coefficient (Wildman–Crippen LogP) is 15.2. The molecule has 6 unspecified atom stereocenters. The van der Waals surface area contributed by atoms with E-state index < -0.39 is 67.3 Å². The summed E-state index contributed by atoms with van der Waals surface area (Å²) < 4.78 is 28.4. The molecule has 3 N–H and O–H groups in total. The fraction of sp³-hybridized carbons (Fsp3) is 0.836. The molecule has 0 spiro atoms. The third-order valence-corrected chi connectivity index (χ3v) is 13.7. The molecule has 12 nitrogen and oxygen atoms in total. The minimum Gasteiger partial charge on any atom is -0.479 e. The van der Waals surface area contributed by atoms with Gasteiger partial charge in [0.2, 0.25) is 0 Å². The van der Waals surface area contributed by atoms with Gasteiger partial charge in [-0.2, -0.15) is 0 Å². The Morgan fingerprint density at radius 3 is 1.18 bits per heavy atom. The van der Waals surface area contributed by atoms with E-state index in [1.54, 1.807) is 0 Å². The number of aliphatic hydroxyl groups is 2. The van der Waals surface area contributed by atoms with Crippen molar-refractivity contribution in [2.45, 2.75) is 314 Å². The molecule has 424 valence electrons. The molecule has 0 aliphatic carbocycles. The molecule has 0 saturated carbocycles. The minimum atomic E-state index is -1.90. The van der Waals surface area contributed by atoms with Gasteiger partial charge < -0.3 is 39.0 Å². The van der Waals surface area contributed by atoms with Crippen LogP contribution in [0.25, 0.3) is 0 Å². The lowest BCUT2D eigenvalue weighted by atomic mass is 9.98.